The molecule has 2 aromatic rings. The molecule has 1 aliphatic rings. The van der Waals surface area contributed by atoms with E-state index in [2.05, 4.69) is 0 Å². The number of carbonyl (C=O) groups excluding carboxylic acids is 1. The van der Waals surface area contributed by atoms with Crippen LogP contribution in [0.4, 0.5) is 0 Å². The van der Waals surface area contributed by atoms with E-state index in [9.17, 15) is 4.79 Å². The van der Waals surface area contributed by atoms with E-state index in [-0.39, 0.29) is 11.9 Å². The molecule has 0 fully saturated rings. The van der Waals surface area contributed by atoms with Gasteiger partial charge in [0.1, 0.15) is 5.76 Å². The summed E-state index contributed by atoms with van der Waals surface area (Å²) in [4.78, 5) is 11.9. The third kappa shape index (κ3) is 2.58. The number of rotatable bonds is 3. The minimum absolute atomic E-state index is 0.164. The molecule has 0 saturated heterocycles. The molecule has 0 N–H and O–H groups in total. The fraction of sp³-hybridized carbons (Fsp3) is 0.118. The first kappa shape index (κ1) is 11.7. The van der Waals surface area contributed by atoms with Crippen LogP contribution in [-0.4, -0.2) is 5.97 Å². The number of esters is 1. The molecule has 0 bridgehead atoms. The van der Waals surface area contributed by atoms with Crippen molar-refractivity contribution in [2.45, 2.75) is 6.42 Å². The standard InChI is InChI=1S/C17H14O2/c18-17-15(11-13-7-3-1-4-8-13)12-16(19-17)14-9-5-2-6-10-14/h1-10,12,15H,11H2/t15-/m0/s1. The van der Waals surface area contributed by atoms with Gasteiger partial charge in [-0.3, -0.25) is 4.79 Å². The van der Waals surface area contributed by atoms with Gasteiger partial charge < -0.3 is 4.74 Å². The van der Waals surface area contributed by atoms with Gasteiger partial charge in [-0.05, 0) is 18.1 Å². The van der Waals surface area contributed by atoms with E-state index in [1.807, 2.05) is 66.7 Å². The summed E-state index contributed by atoms with van der Waals surface area (Å²) < 4.78 is 5.35. The zero-order valence-corrected chi connectivity index (χ0v) is 10.5. The second-order valence-corrected chi connectivity index (χ2v) is 4.61. The number of carbonyl (C=O) groups is 1. The van der Waals surface area contributed by atoms with E-state index in [4.69, 9.17) is 4.74 Å². The topological polar surface area (TPSA) is 26.3 Å². The largest absolute Gasteiger partial charge is 0.426 e. The van der Waals surface area contributed by atoms with Crippen LogP contribution in [0.2, 0.25) is 0 Å². The van der Waals surface area contributed by atoms with Crippen molar-refractivity contribution in [1.29, 1.82) is 0 Å². The Kier molecular flexibility index (Phi) is 3.15. The van der Waals surface area contributed by atoms with Crippen molar-refractivity contribution in [3.05, 3.63) is 77.9 Å². The second-order valence-electron chi connectivity index (χ2n) is 4.61. The van der Waals surface area contributed by atoms with Crippen LogP contribution >= 0.6 is 0 Å². The number of benzene rings is 2. The lowest BCUT2D eigenvalue weighted by atomic mass is 9.99. The fourth-order valence-corrected chi connectivity index (χ4v) is 2.24. The average Bonchev–Trinajstić information content (AvgIpc) is 2.82. The van der Waals surface area contributed by atoms with Crippen molar-refractivity contribution >= 4 is 11.7 Å². The summed E-state index contributed by atoms with van der Waals surface area (Å²) in [6.07, 6.45) is 2.61. The van der Waals surface area contributed by atoms with Crippen molar-refractivity contribution < 1.29 is 9.53 Å². The summed E-state index contributed by atoms with van der Waals surface area (Å²) in [5, 5.41) is 0. The Morgan fingerprint density at radius 2 is 1.53 bits per heavy atom. The average molecular weight is 250 g/mol. The lowest BCUT2D eigenvalue weighted by Crippen LogP contribution is -2.11. The van der Waals surface area contributed by atoms with E-state index in [1.165, 1.54) is 0 Å². The molecule has 2 heteroatoms. The maximum Gasteiger partial charge on any atom is 0.318 e. The summed E-state index contributed by atoms with van der Waals surface area (Å²) in [5.41, 5.74) is 2.10. The van der Waals surface area contributed by atoms with Gasteiger partial charge >= 0.3 is 5.97 Å². The number of ether oxygens (including phenoxy) is 1. The third-order valence-electron chi connectivity index (χ3n) is 3.22. The Balaban J connectivity index is 1.80. The quantitative estimate of drug-likeness (QED) is 0.780. The molecule has 0 unspecified atom stereocenters. The van der Waals surface area contributed by atoms with Crippen molar-refractivity contribution in [2.24, 2.45) is 5.92 Å². The lowest BCUT2D eigenvalue weighted by Gasteiger charge is -2.04. The van der Waals surface area contributed by atoms with Gasteiger partial charge in [0.25, 0.3) is 0 Å². The minimum Gasteiger partial charge on any atom is -0.426 e. The Labute approximate surface area is 112 Å². The van der Waals surface area contributed by atoms with E-state index < -0.39 is 0 Å². The van der Waals surface area contributed by atoms with Crippen LogP contribution < -0.4 is 0 Å². The van der Waals surface area contributed by atoms with E-state index in [1.54, 1.807) is 0 Å². The van der Waals surface area contributed by atoms with Crippen LogP contribution in [0.3, 0.4) is 0 Å². The van der Waals surface area contributed by atoms with Gasteiger partial charge in [-0.25, -0.2) is 0 Å². The number of hydrogen-bond donors (Lipinski definition) is 0. The summed E-state index contributed by atoms with van der Waals surface area (Å²) in [6, 6.07) is 19.7. The minimum atomic E-state index is -0.183. The maximum absolute atomic E-state index is 11.9. The van der Waals surface area contributed by atoms with Crippen molar-refractivity contribution in [1.82, 2.24) is 0 Å². The Morgan fingerprint density at radius 3 is 2.21 bits per heavy atom. The second kappa shape index (κ2) is 5.11. The summed E-state index contributed by atoms with van der Waals surface area (Å²) >= 11 is 0. The van der Waals surface area contributed by atoms with Crippen LogP contribution in [0.1, 0.15) is 11.1 Å². The summed E-state index contributed by atoms with van der Waals surface area (Å²) in [6.45, 7) is 0. The van der Waals surface area contributed by atoms with Crippen molar-refractivity contribution in [2.75, 3.05) is 0 Å². The molecule has 0 aromatic heterocycles. The molecule has 0 aliphatic carbocycles. The Bertz CT molecular complexity index is 600. The first-order valence-corrected chi connectivity index (χ1v) is 6.36. The molecular formula is C17H14O2. The van der Waals surface area contributed by atoms with E-state index >= 15 is 0 Å². The highest BCUT2D eigenvalue weighted by atomic mass is 16.5. The highest BCUT2D eigenvalue weighted by Gasteiger charge is 2.27. The number of hydrogen-bond acceptors (Lipinski definition) is 2. The third-order valence-corrected chi connectivity index (χ3v) is 3.22. The first-order valence-electron chi connectivity index (χ1n) is 6.36. The molecule has 19 heavy (non-hydrogen) atoms. The van der Waals surface area contributed by atoms with E-state index in [0.717, 1.165) is 11.1 Å². The molecule has 1 heterocycles. The lowest BCUT2D eigenvalue weighted by molar-refractivity contribution is -0.137. The molecule has 1 aliphatic heterocycles. The Morgan fingerprint density at radius 1 is 0.895 bits per heavy atom. The van der Waals surface area contributed by atoms with Gasteiger partial charge in [0, 0.05) is 5.56 Å². The zero-order valence-electron chi connectivity index (χ0n) is 10.5. The highest BCUT2D eigenvalue weighted by molar-refractivity contribution is 5.87. The van der Waals surface area contributed by atoms with Gasteiger partial charge in [0.2, 0.25) is 0 Å². The molecule has 0 amide bonds. The summed E-state index contributed by atoms with van der Waals surface area (Å²) in [5.74, 6) is 0.326. The van der Waals surface area contributed by atoms with Crippen LogP contribution in [0, 0.1) is 5.92 Å². The molecule has 2 nitrogen and oxygen atoms in total. The maximum atomic E-state index is 11.9. The SMILES string of the molecule is O=C1OC(c2ccccc2)=C[C@@H]1Cc1ccccc1. The smallest absolute Gasteiger partial charge is 0.318 e. The fourth-order valence-electron chi connectivity index (χ4n) is 2.24. The molecular weight excluding hydrogens is 236 g/mol. The Hall–Kier alpha value is -2.35. The van der Waals surface area contributed by atoms with Gasteiger partial charge in [-0.2, -0.15) is 0 Å². The van der Waals surface area contributed by atoms with Gasteiger partial charge in [-0.15, -0.1) is 0 Å². The van der Waals surface area contributed by atoms with Crippen LogP contribution in [-0.2, 0) is 16.0 Å². The zero-order chi connectivity index (χ0) is 13.1. The van der Waals surface area contributed by atoms with Crippen molar-refractivity contribution in [3.8, 4) is 0 Å². The van der Waals surface area contributed by atoms with Crippen LogP contribution in [0.25, 0.3) is 5.76 Å². The monoisotopic (exact) mass is 250 g/mol. The van der Waals surface area contributed by atoms with Gasteiger partial charge in [0.15, 0.2) is 0 Å². The van der Waals surface area contributed by atoms with Crippen LogP contribution in [0.15, 0.2) is 66.7 Å². The molecule has 3 rings (SSSR count). The molecule has 0 spiro atoms. The predicted molar refractivity (Wildman–Crippen MR) is 74.1 cm³/mol. The summed E-state index contributed by atoms with van der Waals surface area (Å²) in [7, 11) is 0. The predicted octanol–water partition coefficient (Wildman–Crippen LogP) is 3.44. The van der Waals surface area contributed by atoms with Gasteiger partial charge in [-0.1, -0.05) is 60.7 Å². The van der Waals surface area contributed by atoms with Crippen LogP contribution in [0.5, 0.6) is 0 Å². The number of cyclic esters (lactones) is 1. The first-order chi connectivity index (χ1) is 9.33. The molecule has 0 saturated carbocycles. The molecule has 1 atom stereocenters. The van der Waals surface area contributed by atoms with Gasteiger partial charge in [0.05, 0.1) is 5.92 Å². The molecule has 94 valence electrons. The van der Waals surface area contributed by atoms with E-state index in [0.29, 0.717) is 12.2 Å². The molecule has 2 aromatic carbocycles. The normalized spacial score (nSPS) is 18.0. The molecule has 0 radical (unpaired) electrons. The highest BCUT2D eigenvalue weighted by Crippen LogP contribution is 2.28. The van der Waals surface area contributed by atoms with Crippen molar-refractivity contribution in [3.63, 3.8) is 0 Å².